The predicted octanol–water partition coefficient (Wildman–Crippen LogP) is 1.83. The first-order valence-electron chi connectivity index (χ1n) is 6.21. The van der Waals surface area contributed by atoms with Crippen LogP contribution in [-0.2, 0) is 20.1 Å². The van der Waals surface area contributed by atoms with E-state index >= 15 is 0 Å². The minimum Gasteiger partial charge on any atom is -0.389 e. The van der Waals surface area contributed by atoms with Gasteiger partial charge in [0.15, 0.2) is 0 Å². The zero-order chi connectivity index (χ0) is 14.7. The molecule has 0 aliphatic heterocycles. The molecule has 1 aromatic carbocycles. The van der Waals surface area contributed by atoms with Crippen molar-refractivity contribution < 1.29 is 4.39 Å². The fourth-order valence-corrected chi connectivity index (χ4v) is 2.19. The van der Waals surface area contributed by atoms with Gasteiger partial charge in [0.1, 0.15) is 16.6 Å². The van der Waals surface area contributed by atoms with Gasteiger partial charge in [-0.05, 0) is 13.1 Å². The number of hydrogen-bond acceptors (Lipinski definition) is 3. The van der Waals surface area contributed by atoms with Crippen molar-refractivity contribution >= 4 is 17.2 Å². The summed E-state index contributed by atoms with van der Waals surface area (Å²) in [5.41, 5.74) is 6.38. The third kappa shape index (κ3) is 3.20. The van der Waals surface area contributed by atoms with Gasteiger partial charge in [-0.15, -0.1) is 0 Å². The number of nitrogens with two attached hydrogens (primary N) is 1. The second-order valence-corrected chi connectivity index (χ2v) is 5.21. The molecular weight excluding hydrogens is 275 g/mol. The molecule has 106 valence electrons. The number of imidazole rings is 1. The van der Waals surface area contributed by atoms with Gasteiger partial charge < -0.3 is 10.3 Å². The highest BCUT2D eigenvalue weighted by molar-refractivity contribution is 7.80. The Hall–Kier alpha value is -1.79. The van der Waals surface area contributed by atoms with E-state index in [0.717, 1.165) is 5.82 Å². The van der Waals surface area contributed by atoms with E-state index in [2.05, 4.69) is 4.98 Å². The van der Waals surface area contributed by atoms with Crippen molar-refractivity contribution in [3.63, 3.8) is 0 Å². The summed E-state index contributed by atoms with van der Waals surface area (Å²) >= 11 is 4.84. The van der Waals surface area contributed by atoms with Crippen molar-refractivity contribution in [3.05, 3.63) is 53.4 Å². The van der Waals surface area contributed by atoms with Crippen molar-refractivity contribution in [2.45, 2.75) is 13.1 Å². The Morgan fingerprint density at radius 3 is 2.80 bits per heavy atom. The summed E-state index contributed by atoms with van der Waals surface area (Å²) in [4.78, 5) is 6.32. The Morgan fingerprint density at radius 1 is 1.45 bits per heavy atom. The second-order valence-electron chi connectivity index (χ2n) is 4.77. The maximum Gasteiger partial charge on any atom is 0.137 e. The predicted molar refractivity (Wildman–Crippen MR) is 80.7 cm³/mol. The molecule has 0 atom stereocenters. The summed E-state index contributed by atoms with van der Waals surface area (Å²) in [6.45, 7) is 1.11. The molecule has 1 aromatic heterocycles. The van der Waals surface area contributed by atoms with Gasteiger partial charge in [0, 0.05) is 37.1 Å². The van der Waals surface area contributed by atoms with Gasteiger partial charge in [0.05, 0.1) is 6.54 Å². The average molecular weight is 292 g/mol. The summed E-state index contributed by atoms with van der Waals surface area (Å²) in [5.74, 6) is 0.588. The lowest BCUT2D eigenvalue weighted by molar-refractivity contribution is 0.302. The van der Waals surface area contributed by atoms with E-state index in [4.69, 9.17) is 18.0 Å². The molecule has 1 heterocycles. The van der Waals surface area contributed by atoms with Crippen LogP contribution in [0.3, 0.4) is 0 Å². The molecular formula is C14H17FN4S. The van der Waals surface area contributed by atoms with Crippen LogP contribution in [0, 0.1) is 5.82 Å². The number of rotatable bonds is 5. The molecule has 6 heteroatoms. The van der Waals surface area contributed by atoms with Crippen LogP contribution >= 0.6 is 12.2 Å². The molecule has 0 saturated carbocycles. The molecule has 2 aromatic rings. The number of nitrogens with zero attached hydrogens (tertiary/aromatic N) is 3. The molecule has 0 amide bonds. The zero-order valence-corrected chi connectivity index (χ0v) is 12.3. The Balaban J connectivity index is 2.12. The van der Waals surface area contributed by atoms with Crippen LogP contribution in [0.5, 0.6) is 0 Å². The van der Waals surface area contributed by atoms with Crippen LogP contribution in [0.2, 0.25) is 0 Å². The number of hydrogen-bond donors (Lipinski definition) is 1. The van der Waals surface area contributed by atoms with Crippen molar-refractivity contribution in [2.75, 3.05) is 7.05 Å². The van der Waals surface area contributed by atoms with Crippen molar-refractivity contribution in [1.29, 1.82) is 0 Å². The average Bonchev–Trinajstić information content (AvgIpc) is 2.77. The van der Waals surface area contributed by atoms with Crippen LogP contribution in [0.25, 0.3) is 0 Å². The highest BCUT2D eigenvalue weighted by Crippen LogP contribution is 2.15. The highest BCUT2D eigenvalue weighted by atomic mass is 32.1. The Labute approximate surface area is 123 Å². The monoisotopic (exact) mass is 292 g/mol. The fourth-order valence-electron chi connectivity index (χ4n) is 2.03. The van der Waals surface area contributed by atoms with E-state index in [1.54, 1.807) is 24.4 Å². The number of thiocarbonyl (C=S) groups is 1. The molecule has 0 bridgehead atoms. The molecule has 0 aliphatic carbocycles. The second kappa shape index (κ2) is 6.11. The van der Waals surface area contributed by atoms with Crippen molar-refractivity contribution in [1.82, 2.24) is 14.5 Å². The minimum absolute atomic E-state index is 0.0797. The standard InChI is InChI=1S/C14H17FN4S/c1-18(9-12-17-6-7-19(12)2)8-10-4-3-5-11(13(10)15)14(16)20/h3-7H,8-9H2,1-2H3,(H2,16,20). The zero-order valence-electron chi connectivity index (χ0n) is 11.5. The van der Waals surface area contributed by atoms with E-state index in [1.165, 1.54) is 0 Å². The van der Waals surface area contributed by atoms with Crippen molar-refractivity contribution in [2.24, 2.45) is 12.8 Å². The number of halogens is 1. The highest BCUT2D eigenvalue weighted by Gasteiger charge is 2.12. The first-order chi connectivity index (χ1) is 9.49. The molecule has 0 unspecified atom stereocenters. The van der Waals surface area contributed by atoms with Gasteiger partial charge in [-0.2, -0.15) is 0 Å². The van der Waals surface area contributed by atoms with E-state index < -0.39 is 0 Å². The molecule has 4 nitrogen and oxygen atoms in total. The lowest BCUT2D eigenvalue weighted by Crippen LogP contribution is -2.21. The molecule has 0 fully saturated rings. The van der Waals surface area contributed by atoms with Crippen molar-refractivity contribution in [3.8, 4) is 0 Å². The molecule has 0 spiro atoms. The maximum absolute atomic E-state index is 14.2. The van der Waals surface area contributed by atoms with Crippen LogP contribution < -0.4 is 5.73 Å². The Morgan fingerprint density at radius 2 is 2.20 bits per heavy atom. The third-order valence-electron chi connectivity index (χ3n) is 3.12. The summed E-state index contributed by atoms with van der Waals surface area (Å²) in [7, 11) is 3.85. The van der Waals surface area contributed by atoms with E-state index in [-0.39, 0.29) is 10.8 Å². The summed E-state index contributed by atoms with van der Waals surface area (Å²) in [5, 5.41) is 0. The smallest absolute Gasteiger partial charge is 0.137 e. The first-order valence-corrected chi connectivity index (χ1v) is 6.61. The third-order valence-corrected chi connectivity index (χ3v) is 3.34. The molecule has 2 N–H and O–H groups in total. The summed E-state index contributed by atoms with van der Waals surface area (Å²) < 4.78 is 16.2. The van der Waals surface area contributed by atoms with Gasteiger partial charge in [-0.3, -0.25) is 4.90 Å². The normalized spacial score (nSPS) is 11.0. The molecule has 20 heavy (non-hydrogen) atoms. The number of aryl methyl sites for hydroxylation is 1. The van der Waals surface area contributed by atoms with Gasteiger partial charge in [0.2, 0.25) is 0 Å². The maximum atomic E-state index is 14.2. The molecule has 0 radical (unpaired) electrons. The lowest BCUT2D eigenvalue weighted by atomic mass is 10.1. The van der Waals surface area contributed by atoms with Gasteiger partial charge in [-0.25, -0.2) is 9.37 Å². The summed E-state index contributed by atoms with van der Waals surface area (Å²) in [6, 6.07) is 5.10. The summed E-state index contributed by atoms with van der Waals surface area (Å²) in [6.07, 6.45) is 3.63. The molecule has 0 saturated heterocycles. The minimum atomic E-state index is -0.341. The van der Waals surface area contributed by atoms with Crippen LogP contribution in [0.15, 0.2) is 30.6 Å². The first kappa shape index (κ1) is 14.6. The largest absolute Gasteiger partial charge is 0.389 e. The molecule has 2 rings (SSSR count). The quantitative estimate of drug-likeness (QED) is 0.854. The van der Waals surface area contributed by atoms with Gasteiger partial charge in [-0.1, -0.05) is 24.4 Å². The van der Waals surface area contributed by atoms with Gasteiger partial charge >= 0.3 is 0 Å². The van der Waals surface area contributed by atoms with Crippen LogP contribution in [-0.4, -0.2) is 26.5 Å². The van der Waals surface area contributed by atoms with E-state index in [1.807, 2.05) is 29.8 Å². The van der Waals surface area contributed by atoms with E-state index in [9.17, 15) is 4.39 Å². The van der Waals surface area contributed by atoms with Crippen LogP contribution in [0.4, 0.5) is 4.39 Å². The number of aromatic nitrogens is 2. The molecule has 0 aliphatic rings. The topological polar surface area (TPSA) is 47.1 Å². The Bertz CT molecular complexity index is 623. The fraction of sp³-hybridized carbons (Fsp3) is 0.286. The lowest BCUT2D eigenvalue weighted by Gasteiger charge is -2.17. The number of benzene rings is 1. The SMILES string of the molecule is CN(Cc1cccc(C(N)=S)c1F)Cc1nccn1C. The Kier molecular flexibility index (Phi) is 4.46. The van der Waals surface area contributed by atoms with Crippen LogP contribution in [0.1, 0.15) is 17.0 Å². The van der Waals surface area contributed by atoms with Gasteiger partial charge in [0.25, 0.3) is 0 Å². The van der Waals surface area contributed by atoms with E-state index in [0.29, 0.717) is 24.2 Å².